The lowest BCUT2D eigenvalue weighted by Crippen LogP contribution is -2.28. The highest BCUT2D eigenvalue weighted by Gasteiger charge is 2.29. The van der Waals surface area contributed by atoms with Gasteiger partial charge in [0, 0.05) is 33.1 Å². The topological polar surface area (TPSA) is 65.5 Å². The van der Waals surface area contributed by atoms with Crippen molar-refractivity contribution >= 4 is 39.8 Å². The molecular formula is C19H14Cl2N2O2. The Balaban J connectivity index is 1.88. The normalized spacial score (nSPS) is 18.5. The number of oxime groups is 1. The quantitative estimate of drug-likeness (QED) is 0.478. The summed E-state index contributed by atoms with van der Waals surface area (Å²) in [6.45, 7) is 0. The van der Waals surface area contributed by atoms with Gasteiger partial charge in [0.25, 0.3) is 0 Å². The van der Waals surface area contributed by atoms with E-state index in [9.17, 15) is 10.0 Å². The molecule has 0 saturated heterocycles. The molecule has 2 N–H and O–H groups in total. The van der Waals surface area contributed by atoms with Crippen LogP contribution in [0.3, 0.4) is 0 Å². The smallest absolute Gasteiger partial charge is 0.198 e. The number of fused-ring (bicyclic) bond motifs is 2. The van der Waals surface area contributed by atoms with Crippen molar-refractivity contribution in [2.45, 2.75) is 18.8 Å². The van der Waals surface area contributed by atoms with Gasteiger partial charge in [0.05, 0.1) is 11.3 Å². The van der Waals surface area contributed by atoms with Gasteiger partial charge in [-0.2, -0.15) is 0 Å². The SMILES string of the molecule is O=c1c2c([nH]c3ccc(Cl)cc13)CC(c1ccc(Cl)cc1)C/C2=N\O. The number of nitrogens with one attached hydrogen (secondary N) is 1. The summed E-state index contributed by atoms with van der Waals surface area (Å²) in [6, 6.07) is 12.8. The van der Waals surface area contributed by atoms with Crippen molar-refractivity contribution in [3.8, 4) is 0 Å². The molecule has 0 aliphatic heterocycles. The Morgan fingerprint density at radius 1 is 1.04 bits per heavy atom. The second-order valence-electron chi connectivity index (χ2n) is 6.20. The number of benzene rings is 2. The van der Waals surface area contributed by atoms with Crippen molar-refractivity contribution in [2.75, 3.05) is 0 Å². The minimum absolute atomic E-state index is 0.107. The average Bonchev–Trinajstić information content (AvgIpc) is 2.62. The number of pyridine rings is 1. The van der Waals surface area contributed by atoms with Gasteiger partial charge in [-0.3, -0.25) is 4.79 Å². The monoisotopic (exact) mass is 372 g/mol. The average molecular weight is 373 g/mol. The second kappa shape index (κ2) is 6.21. The lowest BCUT2D eigenvalue weighted by atomic mass is 9.80. The fourth-order valence-corrected chi connectivity index (χ4v) is 3.78. The summed E-state index contributed by atoms with van der Waals surface area (Å²) < 4.78 is 0. The first-order chi connectivity index (χ1) is 12.1. The maximum Gasteiger partial charge on any atom is 0.198 e. The van der Waals surface area contributed by atoms with E-state index in [2.05, 4.69) is 10.1 Å². The van der Waals surface area contributed by atoms with E-state index < -0.39 is 0 Å². The number of halogens is 2. The summed E-state index contributed by atoms with van der Waals surface area (Å²) in [5.41, 5.74) is 3.27. The van der Waals surface area contributed by atoms with Gasteiger partial charge >= 0.3 is 0 Å². The van der Waals surface area contributed by atoms with E-state index in [4.69, 9.17) is 23.2 Å². The minimum Gasteiger partial charge on any atom is -0.411 e. The van der Waals surface area contributed by atoms with Crippen LogP contribution in [0.15, 0.2) is 52.4 Å². The van der Waals surface area contributed by atoms with Crippen LogP contribution in [0.1, 0.15) is 29.2 Å². The molecular weight excluding hydrogens is 359 g/mol. The van der Waals surface area contributed by atoms with Crippen LogP contribution in [0.4, 0.5) is 0 Å². The maximum absolute atomic E-state index is 12.9. The van der Waals surface area contributed by atoms with Crippen LogP contribution in [0.2, 0.25) is 10.0 Å². The highest BCUT2D eigenvalue weighted by atomic mass is 35.5. The molecule has 0 fully saturated rings. The van der Waals surface area contributed by atoms with E-state index in [1.807, 2.05) is 24.3 Å². The number of H-pyrrole nitrogens is 1. The van der Waals surface area contributed by atoms with Gasteiger partial charge in [0.1, 0.15) is 0 Å². The number of hydrogen-bond donors (Lipinski definition) is 2. The van der Waals surface area contributed by atoms with Crippen LogP contribution < -0.4 is 5.43 Å². The summed E-state index contributed by atoms with van der Waals surface area (Å²) in [4.78, 5) is 16.2. The highest BCUT2D eigenvalue weighted by molar-refractivity contribution is 6.31. The van der Waals surface area contributed by atoms with E-state index in [1.54, 1.807) is 18.2 Å². The molecule has 3 aromatic rings. The first-order valence-electron chi connectivity index (χ1n) is 7.88. The molecule has 25 heavy (non-hydrogen) atoms. The van der Waals surface area contributed by atoms with E-state index in [-0.39, 0.29) is 11.3 Å². The van der Waals surface area contributed by atoms with Gasteiger partial charge in [-0.1, -0.05) is 40.5 Å². The van der Waals surface area contributed by atoms with Crippen molar-refractivity contribution in [3.63, 3.8) is 0 Å². The van der Waals surface area contributed by atoms with Gasteiger partial charge in [0.2, 0.25) is 0 Å². The molecule has 2 aromatic carbocycles. The standard InChI is InChI=1S/C19H14Cl2N2O2/c20-12-3-1-10(2-4-12)11-7-16-18(17(8-11)23-25)19(24)14-9-13(21)5-6-15(14)22-16/h1-6,9,11,25H,7-8H2,(H,22,24)/b23-17+. The Bertz CT molecular complexity index is 1060. The van der Waals surface area contributed by atoms with Crippen molar-refractivity contribution in [1.82, 2.24) is 4.98 Å². The largest absolute Gasteiger partial charge is 0.411 e. The second-order valence-corrected chi connectivity index (χ2v) is 7.07. The number of nitrogens with zero attached hydrogens (tertiary/aromatic N) is 1. The molecule has 1 aromatic heterocycles. The van der Waals surface area contributed by atoms with E-state index >= 15 is 0 Å². The molecule has 4 nitrogen and oxygen atoms in total. The highest BCUT2D eigenvalue weighted by Crippen LogP contribution is 2.32. The Morgan fingerprint density at radius 3 is 2.48 bits per heavy atom. The Hall–Kier alpha value is -2.30. The van der Waals surface area contributed by atoms with Gasteiger partial charge in [-0.05, 0) is 48.2 Å². The first kappa shape index (κ1) is 16.2. The fourth-order valence-electron chi connectivity index (χ4n) is 3.48. The zero-order chi connectivity index (χ0) is 17.6. The summed E-state index contributed by atoms with van der Waals surface area (Å²) in [5, 5.41) is 14.6. The fraction of sp³-hybridized carbons (Fsp3) is 0.158. The zero-order valence-corrected chi connectivity index (χ0v) is 14.6. The van der Waals surface area contributed by atoms with Gasteiger partial charge in [-0.25, -0.2) is 0 Å². The third-order valence-electron chi connectivity index (χ3n) is 4.68. The molecule has 126 valence electrons. The van der Waals surface area contributed by atoms with E-state index in [0.29, 0.717) is 39.5 Å². The Labute approximate surface area is 153 Å². The molecule has 4 rings (SSSR count). The molecule has 0 amide bonds. The molecule has 1 heterocycles. The lowest BCUT2D eigenvalue weighted by molar-refractivity contribution is 0.316. The van der Waals surface area contributed by atoms with Gasteiger partial charge in [-0.15, -0.1) is 0 Å². The molecule has 1 unspecified atom stereocenters. The van der Waals surface area contributed by atoms with Crippen LogP contribution in [0, 0.1) is 0 Å². The zero-order valence-electron chi connectivity index (χ0n) is 13.1. The minimum atomic E-state index is -0.159. The molecule has 0 radical (unpaired) electrons. The lowest BCUT2D eigenvalue weighted by Gasteiger charge is -2.25. The summed E-state index contributed by atoms with van der Waals surface area (Å²) >= 11 is 12.0. The predicted molar refractivity (Wildman–Crippen MR) is 100 cm³/mol. The molecule has 0 saturated carbocycles. The van der Waals surface area contributed by atoms with Crippen LogP contribution >= 0.6 is 23.2 Å². The maximum atomic E-state index is 12.9. The predicted octanol–water partition coefficient (Wildman–Crippen LogP) is 4.74. The van der Waals surface area contributed by atoms with Gasteiger partial charge in [0.15, 0.2) is 5.43 Å². The van der Waals surface area contributed by atoms with E-state index in [0.717, 1.165) is 16.8 Å². The number of rotatable bonds is 1. The molecule has 0 bridgehead atoms. The van der Waals surface area contributed by atoms with Crippen LogP contribution in [0.25, 0.3) is 10.9 Å². The summed E-state index contributed by atoms with van der Waals surface area (Å²) in [5.74, 6) is 0.107. The van der Waals surface area contributed by atoms with Crippen LogP contribution in [-0.2, 0) is 6.42 Å². The summed E-state index contributed by atoms with van der Waals surface area (Å²) in [7, 11) is 0. The number of hydrogen-bond acceptors (Lipinski definition) is 3. The molecule has 0 spiro atoms. The summed E-state index contributed by atoms with van der Waals surface area (Å²) in [6.07, 6.45) is 1.14. The number of aromatic amines is 1. The Morgan fingerprint density at radius 2 is 1.76 bits per heavy atom. The third-order valence-corrected chi connectivity index (χ3v) is 5.17. The molecule has 1 aliphatic rings. The van der Waals surface area contributed by atoms with E-state index in [1.165, 1.54) is 0 Å². The van der Waals surface area contributed by atoms with Crippen molar-refractivity contribution in [3.05, 3.63) is 79.6 Å². The van der Waals surface area contributed by atoms with Crippen molar-refractivity contribution < 1.29 is 5.21 Å². The van der Waals surface area contributed by atoms with Gasteiger partial charge < -0.3 is 10.2 Å². The molecule has 6 heteroatoms. The van der Waals surface area contributed by atoms with Crippen molar-refractivity contribution in [1.29, 1.82) is 0 Å². The first-order valence-corrected chi connectivity index (χ1v) is 8.63. The third kappa shape index (κ3) is 2.81. The Kier molecular flexibility index (Phi) is 4.02. The molecule has 1 aliphatic carbocycles. The number of aromatic nitrogens is 1. The molecule has 1 atom stereocenters. The van der Waals surface area contributed by atoms with Crippen LogP contribution in [-0.4, -0.2) is 15.9 Å². The van der Waals surface area contributed by atoms with Crippen molar-refractivity contribution in [2.24, 2.45) is 5.16 Å². The van der Waals surface area contributed by atoms with Crippen LogP contribution in [0.5, 0.6) is 0 Å².